The molecule has 162 valence electrons. The maximum atomic E-state index is 11.9. The predicted octanol–water partition coefficient (Wildman–Crippen LogP) is 4.16. The molecule has 1 amide bonds. The molecule has 0 saturated carbocycles. The first kappa shape index (κ1) is 20.1. The molecule has 0 aliphatic carbocycles. The van der Waals surface area contributed by atoms with Crippen LogP contribution >= 0.6 is 0 Å². The van der Waals surface area contributed by atoms with Crippen molar-refractivity contribution in [3.05, 3.63) is 77.1 Å². The van der Waals surface area contributed by atoms with Crippen LogP contribution in [0.4, 0.5) is 11.6 Å². The maximum Gasteiger partial charge on any atom is 0.265 e. The predicted molar refractivity (Wildman–Crippen MR) is 127 cm³/mol. The molecule has 0 radical (unpaired) electrons. The van der Waals surface area contributed by atoms with Gasteiger partial charge in [0.05, 0.1) is 5.52 Å². The lowest BCUT2D eigenvalue weighted by Crippen LogP contribution is -2.15. The van der Waals surface area contributed by atoms with Gasteiger partial charge in [-0.1, -0.05) is 36.4 Å². The average Bonchev–Trinajstić information content (AvgIpc) is 2.96. The summed E-state index contributed by atoms with van der Waals surface area (Å²) in [6.45, 7) is 3.58. The van der Waals surface area contributed by atoms with E-state index in [9.17, 15) is 4.79 Å². The average molecular weight is 427 g/mol. The zero-order valence-electron chi connectivity index (χ0n) is 18.1. The fraction of sp³-hybridized carbons (Fsp3) is 0.240. The van der Waals surface area contributed by atoms with E-state index in [0.29, 0.717) is 18.1 Å². The summed E-state index contributed by atoms with van der Waals surface area (Å²) in [5.41, 5.74) is 11.1. The Labute approximate surface area is 186 Å². The van der Waals surface area contributed by atoms with Gasteiger partial charge in [0.25, 0.3) is 5.91 Å². The number of nitrogens with zero attached hydrogens (tertiary/aromatic N) is 3. The highest BCUT2D eigenvalue weighted by Gasteiger charge is 2.21. The number of rotatable bonds is 5. The lowest BCUT2D eigenvalue weighted by atomic mass is 10.1. The highest BCUT2D eigenvalue weighted by Crippen LogP contribution is 2.33. The van der Waals surface area contributed by atoms with E-state index in [1.54, 1.807) is 6.07 Å². The largest absolute Gasteiger partial charge is 0.370 e. The zero-order chi connectivity index (χ0) is 22.1. The van der Waals surface area contributed by atoms with Crippen molar-refractivity contribution in [1.82, 2.24) is 14.4 Å². The third kappa shape index (κ3) is 3.66. The molecule has 3 aromatic heterocycles. The molecule has 0 saturated heterocycles. The van der Waals surface area contributed by atoms with Gasteiger partial charge in [0, 0.05) is 30.4 Å². The van der Waals surface area contributed by atoms with Crippen LogP contribution in [0.2, 0.25) is 0 Å². The van der Waals surface area contributed by atoms with Crippen molar-refractivity contribution >= 4 is 23.1 Å². The van der Waals surface area contributed by atoms with E-state index >= 15 is 0 Å². The number of amides is 1. The molecule has 0 bridgehead atoms. The molecule has 7 nitrogen and oxygen atoms in total. The summed E-state index contributed by atoms with van der Waals surface area (Å²) in [6.07, 6.45) is 5.05. The van der Waals surface area contributed by atoms with Gasteiger partial charge in [0.1, 0.15) is 17.3 Å². The molecule has 1 aliphatic heterocycles. The highest BCUT2D eigenvalue weighted by molar-refractivity contribution is 5.94. The number of benzene rings is 1. The quantitative estimate of drug-likeness (QED) is 0.445. The topological polar surface area (TPSA) is 97.3 Å². The lowest BCUT2D eigenvalue weighted by molar-refractivity contribution is 0.0994. The van der Waals surface area contributed by atoms with Gasteiger partial charge in [0.15, 0.2) is 5.82 Å². The van der Waals surface area contributed by atoms with Crippen LogP contribution in [0.1, 0.15) is 40.0 Å². The van der Waals surface area contributed by atoms with Gasteiger partial charge in [0.2, 0.25) is 0 Å². The number of nitrogens with one attached hydrogen (secondary N) is 2. The molecule has 1 aliphatic rings. The van der Waals surface area contributed by atoms with Crippen LogP contribution < -0.4 is 16.4 Å². The second-order valence-corrected chi connectivity index (χ2v) is 8.16. The number of nitrogens with two attached hydrogens (primary N) is 1. The van der Waals surface area contributed by atoms with E-state index in [2.05, 4.69) is 22.8 Å². The molecule has 0 unspecified atom stereocenters. The van der Waals surface area contributed by atoms with Crippen molar-refractivity contribution in [3.8, 4) is 11.4 Å². The Morgan fingerprint density at radius 1 is 1.12 bits per heavy atom. The minimum Gasteiger partial charge on any atom is -0.370 e. The monoisotopic (exact) mass is 426 g/mol. The second-order valence-electron chi connectivity index (χ2n) is 8.16. The standard InChI is InChI=1S/C25H26N6O/c1-16-15-31-19(11-7-12-20(31)22(26)32)21(16)25-29-23-18(10-5-6-13-27-23)24(30-25)28-14-17-8-3-2-4-9-17/h2-4,7-9,11-12,15H,5-6,10,13-14H2,1H3,(H2,26,32)(H2,27,28,29,30). The number of aromatic nitrogens is 3. The summed E-state index contributed by atoms with van der Waals surface area (Å²) in [6, 6.07) is 15.8. The first-order valence-corrected chi connectivity index (χ1v) is 11.0. The minimum absolute atomic E-state index is 0.437. The molecular formula is C25H26N6O. The number of aryl methyl sites for hydroxylation is 1. The summed E-state index contributed by atoms with van der Waals surface area (Å²) in [5, 5.41) is 7.04. The maximum absolute atomic E-state index is 11.9. The van der Waals surface area contributed by atoms with Crippen molar-refractivity contribution in [3.63, 3.8) is 0 Å². The summed E-state index contributed by atoms with van der Waals surface area (Å²) < 4.78 is 1.83. The Balaban J connectivity index is 1.63. The van der Waals surface area contributed by atoms with Crippen LogP contribution in [-0.2, 0) is 13.0 Å². The van der Waals surface area contributed by atoms with E-state index < -0.39 is 5.91 Å². The summed E-state index contributed by atoms with van der Waals surface area (Å²) in [4.78, 5) is 21.8. The molecule has 4 N–H and O–H groups in total. The molecule has 0 spiro atoms. The van der Waals surface area contributed by atoms with E-state index in [0.717, 1.165) is 59.7 Å². The van der Waals surface area contributed by atoms with Crippen molar-refractivity contribution in [1.29, 1.82) is 0 Å². The van der Waals surface area contributed by atoms with Gasteiger partial charge < -0.3 is 20.8 Å². The van der Waals surface area contributed by atoms with Crippen molar-refractivity contribution in [2.75, 3.05) is 17.2 Å². The molecule has 1 aromatic carbocycles. The number of hydrogen-bond acceptors (Lipinski definition) is 5. The van der Waals surface area contributed by atoms with Crippen molar-refractivity contribution in [2.45, 2.75) is 32.7 Å². The Bertz CT molecular complexity index is 1300. The Hall–Kier alpha value is -3.87. The van der Waals surface area contributed by atoms with Gasteiger partial charge in [-0.2, -0.15) is 0 Å². The van der Waals surface area contributed by atoms with Crippen molar-refractivity contribution in [2.24, 2.45) is 5.73 Å². The molecule has 0 fully saturated rings. The van der Waals surface area contributed by atoms with Gasteiger partial charge in [-0.25, -0.2) is 9.97 Å². The number of pyridine rings is 1. The van der Waals surface area contributed by atoms with Crippen LogP contribution in [-0.4, -0.2) is 26.8 Å². The fourth-order valence-corrected chi connectivity index (χ4v) is 4.36. The van der Waals surface area contributed by atoms with E-state index in [-0.39, 0.29) is 0 Å². The third-order valence-electron chi connectivity index (χ3n) is 5.93. The normalized spacial score (nSPS) is 13.3. The summed E-state index contributed by atoms with van der Waals surface area (Å²) in [5.74, 6) is 1.91. The fourth-order valence-electron chi connectivity index (χ4n) is 4.36. The molecule has 5 rings (SSSR count). The molecule has 4 aromatic rings. The number of carbonyl (C=O) groups is 1. The highest BCUT2D eigenvalue weighted by atomic mass is 16.1. The van der Waals surface area contributed by atoms with Gasteiger partial charge >= 0.3 is 0 Å². The molecular weight excluding hydrogens is 400 g/mol. The van der Waals surface area contributed by atoms with Gasteiger partial charge in [-0.05, 0) is 49.4 Å². The molecule has 0 atom stereocenters. The van der Waals surface area contributed by atoms with E-state index in [4.69, 9.17) is 15.7 Å². The minimum atomic E-state index is -0.466. The second kappa shape index (κ2) is 8.34. The first-order valence-electron chi connectivity index (χ1n) is 11.0. The third-order valence-corrected chi connectivity index (χ3v) is 5.93. The lowest BCUT2D eigenvalue weighted by Gasteiger charge is -2.16. The number of fused-ring (bicyclic) bond motifs is 2. The van der Waals surface area contributed by atoms with Crippen LogP contribution in [0.5, 0.6) is 0 Å². The SMILES string of the molecule is Cc1cn2c(C(N)=O)cccc2c1-c1nc2c(c(NCc3ccccc3)n1)CCCCN2. The Morgan fingerprint density at radius 2 is 1.97 bits per heavy atom. The Morgan fingerprint density at radius 3 is 2.78 bits per heavy atom. The van der Waals surface area contributed by atoms with Crippen LogP contribution in [0.15, 0.2) is 54.7 Å². The number of hydrogen-bond donors (Lipinski definition) is 3. The summed E-state index contributed by atoms with van der Waals surface area (Å²) >= 11 is 0. The first-order chi connectivity index (χ1) is 15.6. The molecule has 7 heteroatoms. The van der Waals surface area contributed by atoms with E-state index in [1.165, 1.54) is 5.56 Å². The molecule has 32 heavy (non-hydrogen) atoms. The van der Waals surface area contributed by atoms with Crippen molar-refractivity contribution < 1.29 is 4.79 Å². The van der Waals surface area contributed by atoms with Gasteiger partial charge in [-0.15, -0.1) is 0 Å². The summed E-state index contributed by atoms with van der Waals surface area (Å²) in [7, 11) is 0. The number of anilines is 2. The zero-order valence-corrected chi connectivity index (χ0v) is 18.1. The van der Waals surface area contributed by atoms with Crippen LogP contribution in [0.25, 0.3) is 16.9 Å². The van der Waals surface area contributed by atoms with E-state index in [1.807, 2.05) is 47.9 Å². The number of primary amides is 1. The van der Waals surface area contributed by atoms with Gasteiger partial charge in [-0.3, -0.25) is 4.79 Å². The van der Waals surface area contributed by atoms with Crippen LogP contribution in [0, 0.1) is 6.92 Å². The molecule has 4 heterocycles. The smallest absolute Gasteiger partial charge is 0.265 e. The Kier molecular flexibility index (Phi) is 5.23. The number of carbonyl (C=O) groups excluding carboxylic acids is 1. The van der Waals surface area contributed by atoms with Crippen LogP contribution in [0.3, 0.4) is 0 Å².